The number of methoxy groups -OCH3 is 1. The number of aryl methyl sites for hydroxylation is 2. The summed E-state index contributed by atoms with van der Waals surface area (Å²) in [6.07, 6.45) is 2.72. The molecule has 7 nitrogen and oxygen atoms in total. The van der Waals surface area contributed by atoms with Crippen LogP contribution < -0.4 is 10.1 Å². The van der Waals surface area contributed by atoms with Gasteiger partial charge in [0.15, 0.2) is 0 Å². The Hall–Kier alpha value is -3.55. The van der Waals surface area contributed by atoms with Crippen molar-refractivity contribution >= 4 is 45.2 Å². The zero-order valence-corrected chi connectivity index (χ0v) is 21.5. The van der Waals surface area contributed by atoms with Gasteiger partial charge in [-0.1, -0.05) is 17.7 Å². The average molecular weight is 506 g/mol. The Morgan fingerprint density at radius 2 is 1.78 bits per heavy atom. The molecule has 0 unspecified atom stereocenters. The van der Waals surface area contributed by atoms with Gasteiger partial charge in [-0.15, -0.1) is 0 Å². The van der Waals surface area contributed by atoms with Crippen LogP contribution in [0.5, 0.6) is 11.5 Å². The molecule has 8 heteroatoms. The van der Waals surface area contributed by atoms with Gasteiger partial charge in [-0.25, -0.2) is 0 Å². The highest BCUT2D eigenvalue weighted by atomic mass is 35.5. The summed E-state index contributed by atoms with van der Waals surface area (Å²) >= 11 is 6.58. The molecule has 4 aromatic rings. The fourth-order valence-electron chi connectivity index (χ4n) is 5.20. The van der Waals surface area contributed by atoms with E-state index in [0.717, 1.165) is 47.8 Å². The molecule has 1 aliphatic rings. The number of benzene rings is 3. The molecule has 0 aliphatic carbocycles. The number of phenolic OH excluding ortho intramolecular Hbond substituents is 1. The van der Waals surface area contributed by atoms with E-state index in [1.54, 1.807) is 31.4 Å². The van der Waals surface area contributed by atoms with E-state index < -0.39 is 11.8 Å². The summed E-state index contributed by atoms with van der Waals surface area (Å²) in [6, 6.07) is 10.8. The van der Waals surface area contributed by atoms with Crippen LogP contribution in [0, 0.1) is 0 Å². The minimum absolute atomic E-state index is 0.190. The Morgan fingerprint density at radius 1 is 1.03 bits per heavy atom. The first-order chi connectivity index (χ1) is 17.2. The van der Waals surface area contributed by atoms with Crippen LogP contribution in [0.4, 0.5) is 0 Å². The molecule has 36 heavy (non-hydrogen) atoms. The fraction of sp³-hybridized carbons (Fsp3) is 0.286. The molecule has 3 aromatic carbocycles. The van der Waals surface area contributed by atoms with E-state index >= 15 is 0 Å². The van der Waals surface area contributed by atoms with Crippen molar-refractivity contribution < 1.29 is 19.4 Å². The zero-order valence-electron chi connectivity index (χ0n) is 20.7. The highest BCUT2D eigenvalue weighted by Crippen LogP contribution is 2.45. The molecule has 5 rings (SSSR count). The minimum Gasteiger partial charge on any atom is -0.508 e. The molecule has 2 N–H and O–H groups in total. The summed E-state index contributed by atoms with van der Waals surface area (Å²) in [5, 5.41) is 15.1. The van der Waals surface area contributed by atoms with Crippen LogP contribution >= 0.6 is 11.6 Å². The molecule has 0 spiro atoms. The molecule has 2 amide bonds. The van der Waals surface area contributed by atoms with Crippen molar-refractivity contribution in [3.8, 4) is 22.6 Å². The highest BCUT2D eigenvalue weighted by Gasteiger charge is 2.35. The number of aromatic hydroxyl groups is 1. The number of halogens is 1. The van der Waals surface area contributed by atoms with Crippen molar-refractivity contribution in [3.63, 3.8) is 0 Å². The normalized spacial score (nSPS) is 13.2. The van der Waals surface area contributed by atoms with E-state index in [1.807, 2.05) is 37.8 Å². The topological polar surface area (TPSA) is 83.8 Å². The lowest BCUT2D eigenvalue weighted by Crippen LogP contribution is -2.20. The Morgan fingerprint density at radius 3 is 2.50 bits per heavy atom. The lowest BCUT2D eigenvalue weighted by Gasteiger charge is -2.14. The number of nitrogens with one attached hydrogen (secondary N) is 1. The first-order valence-corrected chi connectivity index (χ1v) is 12.2. The molecular weight excluding hydrogens is 478 g/mol. The van der Waals surface area contributed by atoms with Gasteiger partial charge >= 0.3 is 0 Å². The number of amides is 2. The number of fused-ring (bicyclic) bond motifs is 5. The first-order valence-electron chi connectivity index (χ1n) is 11.9. The molecule has 0 bridgehead atoms. The lowest BCUT2D eigenvalue weighted by atomic mass is 9.92. The molecule has 0 radical (unpaired) electrons. The van der Waals surface area contributed by atoms with Crippen LogP contribution in [-0.2, 0) is 13.5 Å². The van der Waals surface area contributed by atoms with Crippen LogP contribution in [0.3, 0.4) is 0 Å². The second-order valence-electron chi connectivity index (χ2n) is 9.49. The minimum atomic E-state index is -0.479. The predicted molar refractivity (Wildman–Crippen MR) is 142 cm³/mol. The number of imide groups is 1. The Balaban J connectivity index is 1.77. The molecular formula is C28H28ClN3O4. The van der Waals surface area contributed by atoms with E-state index in [-0.39, 0.29) is 11.3 Å². The Bertz CT molecular complexity index is 1550. The molecule has 0 atom stereocenters. The third-order valence-corrected chi connectivity index (χ3v) is 7.26. The van der Waals surface area contributed by atoms with Gasteiger partial charge in [-0.2, -0.15) is 0 Å². The number of aromatic nitrogens is 1. The van der Waals surface area contributed by atoms with E-state index in [2.05, 4.69) is 10.2 Å². The maximum atomic E-state index is 13.1. The SMILES string of the molecule is COc1cccc(Cl)c1-c1cc2c(c3c1C(=O)NC3=O)c1cc(O)c(CCCCN(C)C)cc1n2C. The largest absolute Gasteiger partial charge is 0.508 e. The van der Waals surface area contributed by atoms with Crippen LogP contribution in [0.15, 0.2) is 36.4 Å². The maximum absolute atomic E-state index is 13.1. The highest BCUT2D eigenvalue weighted by molar-refractivity contribution is 6.36. The van der Waals surface area contributed by atoms with Gasteiger partial charge in [0, 0.05) is 34.5 Å². The van der Waals surface area contributed by atoms with E-state index in [9.17, 15) is 14.7 Å². The van der Waals surface area contributed by atoms with Crippen molar-refractivity contribution in [3.05, 3.63) is 58.1 Å². The standard InChI is InChI=1S/C28H28ClN3O4/c1-31(2)11-6-5-8-15-12-19-16(14-21(15)33)24-20(32(19)3)13-17(25-26(24)28(35)30-27(25)34)23-18(29)9-7-10-22(23)36-4/h7,9-10,12-14,33H,5-6,8,11H2,1-4H3,(H,30,34,35). The molecule has 0 saturated heterocycles. The third kappa shape index (κ3) is 3.79. The summed E-state index contributed by atoms with van der Waals surface area (Å²) in [6.45, 7) is 0.987. The molecule has 1 aromatic heterocycles. The molecule has 186 valence electrons. The van der Waals surface area contributed by atoms with Crippen molar-refractivity contribution in [2.24, 2.45) is 7.05 Å². The average Bonchev–Trinajstić information content (AvgIpc) is 3.28. The van der Waals surface area contributed by atoms with E-state index in [0.29, 0.717) is 32.8 Å². The number of ether oxygens (including phenoxy) is 1. The van der Waals surface area contributed by atoms with Gasteiger partial charge in [-0.3, -0.25) is 14.9 Å². The van der Waals surface area contributed by atoms with Gasteiger partial charge in [0.25, 0.3) is 11.8 Å². The Kier molecular flexibility index (Phi) is 6.14. The number of hydrogen-bond donors (Lipinski definition) is 2. The number of nitrogens with zero attached hydrogens (tertiary/aromatic N) is 2. The number of unbranched alkanes of at least 4 members (excludes halogenated alkanes) is 1. The summed E-state index contributed by atoms with van der Waals surface area (Å²) in [7, 11) is 7.56. The van der Waals surface area contributed by atoms with Crippen molar-refractivity contribution in [2.45, 2.75) is 19.3 Å². The van der Waals surface area contributed by atoms with Crippen molar-refractivity contribution in [1.82, 2.24) is 14.8 Å². The lowest BCUT2D eigenvalue weighted by molar-refractivity contribution is 0.0880. The number of rotatable bonds is 7. The van der Waals surface area contributed by atoms with Gasteiger partial charge in [0.1, 0.15) is 11.5 Å². The van der Waals surface area contributed by atoms with Gasteiger partial charge in [0.2, 0.25) is 0 Å². The van der Waals surface area contributed by atoms with E-state index in [4.69, 9.17) is 16.3 Å². The Labute approximate surface area is 214 Å². The molecule has 2 heterocycles. The number of phenols is 1. The molecule has 0 fully saturated rings. The van der Waals surface area contributed by atoms with Crippen LogP contribution in [0.1, 0.15) is 39.1 Å². The molecule has 1 aliphatic heterocycles. The summed E-state index contributed by atoms with van der Waals surface area (Å²) in [4.78, 5) is 28.2. The first kappa shape index (κ1) is 24.2. The molecule has 0 saturated carbocycles. The van der Waals surface area contributed by atoms with Gasteiger partial charge in [0.05, 0.1) is 28.8 Å². The smallest absolute Gasteiger partial charge is 0.259 e. The number of carbonyl (C=O) groups excluding carboxylic acids is 2. The van der Waals surface area contributed by atoms with Crippen LogP contribution in [0.2, 0.25) is 5.02 Å². The summed E-state index contributed by atoms with van der Waals surface area (Å²) in [5.74, 6) is -0.247. The second-order valence-corrected chi connectivity index (χ2v) is 9.89. The van der Waals surface area contributed by atoms with E-state index in [1.165, 1.54) is 0 Å². The number of hydrogen-bond acceptors (Lipinski definition) is 5. The second kappa shape index (κ2) is 9.15. The number of carbonyl (C=O) groups is 2. The monoisotopic (exact) mass is 505 g/mol. The van der Waals surface area contributed by atoms with Gasteiger partial charge < -0.3 is 19.3 Å². The fourth-order valence-corrected chi connectivity index (χ4v) is 5.47. The zero-order chi connectivity index (χ0) is 25.7. The van der Waals surface area contributed by atoms with Gasteiger partial charge in [-0.05, 0) is 75.8 Å². The quantitative estimate of drug-likeness (QED) is 0.268. The van der Waals surface area contributed by atoms with Crippen LogP contribution in [0.25, 0.3) is 32.9 Å². The third-order valence-electron chi connectivity index (χ3n) is 6.94. The predicted octanol–water partition coefficient (Wildman–Crippen LogP) is 5.13. The van der Waals surface area contributed by atoms with Crippen molar-refractivity contribution in [1.29, 1.82) is 0 Å². The maximum Gasteiger partial charge on any atom is 0.259 e. The summed E-state index contributed by atoms with van der Waals surface area (Å²) < 4.78 is 7.55. The van der Waals surface area contributed by atoms with Crippen LogP contribution in [-0.4, -0.2) is 54.1 Å². The summed E-state index contributed by atoms with van der Waals surface area (Å²) in [5.41, 5.74) is 4.13. The van der Waals surface area contributed by atoms with Crippen molar-refractivity contribution in [2.75, 3.05) is 27.7 Å².